The number of rotatable bonds is 2. The van der Waals surface area contributed by atoms with E-state index in [-0.39, 0.29) is 0 Å². The maximum absolute atomic E-state index is 5.88. The van der Waals surface area contributed by atoms with Gasteiger partial charge >= 0.3 is 0 Å². The molecule has 1 atom stereocenters. The second-order valence-corrected chi connectivity index (χ2v) is 4.57. The molecular formula is C14H19N. The van der Waals surface area contributed by atoms with Crippen LogP contribution >= 0.6 is 0 Å². The molecule has 1 heteroatoms. The first-order valence-electron chi connectivity index (χ1n) is 5.67. The lowest BCUT2D eigenvalue weighted by atomic mass is 9.96. The van der Waals surface area contributed by atoms with Gasteiger partial charge in [-0.2, -0.15) is 0 Å². The third-order valence-corrected chi connectivity index (χ3v) is 3.30. The molecule has 1 unspecified atom stereocenters. The van der Waals surface area contributed by atoms with Crippen LogP contribution in [0.25, 0.3) is 0 Å². The SMILES string of the molecule is Cc1cccc(C)c1CC1=CC(N)CC1. The third-order valence-electron chi connectivity index (χ3n) is 3.30. The summed E-state index contributed by atoms with van der Waals surface area (Å²) in [5, 5.41) is 0. The molecule has 1 aromatic carbocycles. The Hall–Kier alpha value is -1.08. The Morgan fingerprint density at radius 3 is 2.47 bits per heavy atom. The highest BCUT2D eigenvalue weighted by Crippen LogP contribution is 2.24. The summed E-state index contributed by atoms with van der Waals surface area (Å²) in [5.74, 6) is 0. The standard InChI is InChI=1S/C14H19N/c1-10-4-3-5-11(2)14(10)9-12-6-7-13(15)8-12/h3-5,8,13H,6-7,9,15H2,1-2H3. The molecule has 2 rings (SSSR count). The third kappa shape index (κ3) is 2.29. The minimum absolute atomic E-state index is 0.296. The van der Waals surface area contributed by atoms with Crippen molar-refractivity contribution in [1.82, 2.24) is 0 Å². The van der Waals surface area contributed by atoms with Gasteiger partial charge < -0.3 is 5.73 Å². The van der Waals surface area contributed by atoms with Crippen LogP contribution < -0.4 is 5.73 Å². The molecule has 0 aliphatic heterocycles. The van der Waals surface area contributed by atoms with Crippen molar-refractivity contribution in [2.24, 2.45) is 5.73 Å². The first-order chi connectivity index (χ1) is 7.16. The Kier molecular flexibility index (Phi) is 2.92. The molecule has 0 heterocycles. The van der Waals surface area contributed by atoms with Crippen molar-refractivity contribution in [2.75, 3.05) is 0 Å². The van der Waals surface area contributed by atoms with Crippen molar-refractivity contribution < 1.29 is 0 Å². The number of allylic oxidation sites excluding steroid dienone is 1. The summed E-state index contributed by atoms with van der Waals surface area (Å²) in [7, 11) is 0. The van der Waals surface area contributed by atoms with Gasteiger partial charge in [-0.15, -0.1) is 0 Å². The van der Waals surface area contributed by atoms with Crippen LogP contribution in [0, 0.1) is 13.8 Å². The fourth-order valence-electron chi connectivity index (χ4n) is 2.32. The number of hydrogen-bond acceptors (Lipinski definition) is 1. The molecule has 0 spiro atoms. The molecule has 0 saturated carbocycles. The Morgan fingerprint density at radius 1 is 1.27 bits per heavy atom. The molecule has 0 fully saturated rings. The van der Waals surface area contributed by atoms with E-state index in [2.05, 4.69) is 38.1 Å². The van der Waals surface area contributed by atoms with Gasteiger partial charge in [-0.25, -0.2) is 0 Å². The van der Waals surface area contributed by atoms with E-state index in [0.717, 1.165) is 12.8 Å². The van der Waals surface area contributed by atoms with Crippen molar-refractivity contribution in [2.45, 2.75) is 39.2 Å². The number of benzene rings is 1. The van der Waals surface area contributed by atoms with E-state index in [1.54, 1.807) is 0 Å². The Labute approximate surface area is 92.0 Å². The predicted molar refractivity (Wildman–Crippen MR) is 64.9 cm³/mol. The highest BCUT2D eigenvalue weighted by Gasteiger charge is 2.13. The van der Waals surface area contributed by atoms with Crippen molar-refractivity contribution in [1.29, 1.82) is 0 Å². The number of hydrogen-bond donors (Lipinski definition) is 1. The van der Waals surface area contributed by atoms with E-state index in [1.807, 2.05) is 0 Å². The van der Waals surface area contributed by atoms with Crippen molar-refractivity contribution in [3.8, 4) is 0 Å². The van der Waals surface area contributed by atoms with E-state index in [9.17, 15) is 0 Å². The van der Waals surface area contributed by atoms with Gasteiger partial charge in [0.15, 0.2) is 0 Å². The predicted octanol–water partition coefficient (Wildman–Crippen LogP) is 2.89. The van der Waals surface area contributed by atoms with Gasteiger partial charge in [-0.05, 0) is 49.8 Å². The van der Waals surface area contributed by atoms with Crippen LogP contribution in [0.4, 0.5) is 0 Å². The fraction of sp³-hybridized carbons (Fsp3) is 0.429. The van der Waals surface area contributed by atoms with E-state index in [0.29, 0.717) is 6.04 Å². The van der Waals surface area contributed by atoms with E-state index < -0.39 is 0 Å². The van der Waals surface area contributed by atoms with Crippen LogP contribution in [-0.4, -0.2) is 6.04 Å². The molecule has 1 nitrogen and oxygen atoms in total. The lowest BCUT2D eigenvalue weighted by molar-refractivity contribution is 0.769. The number of aryl methyl sites for hydroxylation is 2. The van der Waals surface area contributed by atoms with Gasteiger partial charge in [0.25, 0.3) is 0 Å². The minimum atomic E-state index is 0.296. The van der Waals surface area contributed by atoms with Crippen LogP contribution in [0.3, 0.4) is 0 Å². The van der Waals surface area contributed by atoms with Gasteiger partial charge in [0.05, 0.1) is 0 Å². The van der Waals surface area contributed by atoms with E-state index >= 15 is 0 Å². The normalized spacial score (nSPS) is 20.5. The summed E-state index contributed by atoms with van der Waals surface area (Å²) in [6.45, 7) is 4.38. The van der Waals surface area contributed by atoms with Gasteiger partial charge in [-0.3, -0.25) is 0 Å². The zero-order valence-electron chi connectivity index (χ0n) is 9.59. The largest absolute Gasteiger partial charge is 0.324 e. The van der Waals surface area contributed by atoms with Gasteiger partial charge in [-0.1, -0.05) is 29.8 Å². The smallest absolute Gasteiger partial charge is 0.0229 e. The van der Waals surface area contributed by atoms with E-state index in [4.69, 9.17) is 5.73 Å². The molecule has 80 valence electrons. The fourth-order valence-corrected chi connectivity index (χ4v) is 2.32. The average molecular weight is 201 g/mol. The summed E-state index contributed by atoms with van der Waals surface area (Å²) in [5.41, 5.74) is 11.7. The lowest BCUT2D eigenvalue weighted by Crippen LogP contribution is -2.11. The van der Waals surface area contributed by atoms with Gasteiger partial charge in [0.2, 0.25) is 0 Å². The van der Waals surface area contributed by atoms with Crippen LogP contribution in [0.1, 0.15) is 29.5 Å². The van der Waals surface area contributed by atoms with Gasteiger partial charge in [0, 0.05) is 6.04 Å². The maximum Gasteiger partial charge on any atom is 0.0229 e. The van der Waals surface area contributed by atoms with Crippen LogP contribution in [0.5, 0.6) is 0 Å². The van der Waals surface area contributed by atoms with Crippen molar-refractivity contribution >= 4 is 0 Å². The summed E-state index contributed by atoms with van der Waals surface area (Å²) in [4.78, 5) is 0. The topological polar surface area (TPSA) is 26.0 Å². The molecule has 0 saturated heterocycles. The molecule has 1 aliphatic rings. The lowest BCUT2D eigenvalue weighted by Gasteiger charge is -2.09. The molecule has 1 aromatic rings. The summed E-state index contributed by atoms with van der Waals surface area (Å²) >= 11 is 0. The minimum Gasteiger partial charge on any atom is -0.324 e. The summed E-state index contributed by atoms with van der Waals surface area (Å²) in [6.07, 6.45) is 5.63. The summed E-state index contributed by atoms with van der Waals surface area (Å²) in [6, 6.07) is 6.81. The zero-order valence-corrected chi connectivity index (χ0v) is 9.59. The molecular weight excluding hydrogens is 182 g/mol. The van der Waals surface area contributed by atoms with Gasteiger partial charge in [0.1, 0.15) is 0 Å². The maximum atomic E-state index is 5.88. The molecule has 2 N–H and O–H groups in total. The highest BCUT2D eigenvalue weighted by atomic mass is 14.6. The first kappa shape index (κ1) is 10.4. The highest BCUT2D eigenvalue weighted by molar-refractivity contribution is 5.37. The van der Waals surface area contributed by atoms with Crippen molar-refractivity contribution in [3.05, 3.63) is 46.5 Å². The Bertz CT molecular complexity index is 370. The molecule has 15 heavy (non-hydrogen) atoms. The molecule has 0 radical (unpaired) electrons. The van der Waals surface area contributed by atoms with Crippen LogP contribution in [0.2, 0.25) is 0 Å². The Balaban J connectivity index is 2.21. The van der Waals surface area contributed by atoms with Crippen molar-refractivity contribution in [3.63, 3.8) is 0 Å². The average Bonchev–Trinajstić information content (AvgIpc) is 2.58. The molecule has 0 bridgehead atoms. The zero-order chi connectivity index (χ0) is 10.8. The molecule has 1 aliphatic carbocycles. The Morgan fingerprint density at radius 2 is 1.93 bits per heavy atom. The second kappa shape index (κ2) is 4.19. The molecule has 0 amide bonds. The van der Waals surface area contributed by atoms with E-state index in [1.165, 1.54) is 28.7 Å². The first-order valence-corrected chi connectivity index (χ1v) is 5.67. The summed E-state index contributed by atoms with van der Waals surface area (Å²) < 4.78 is 0. The monoisotopic (exact) mass is 201 g/mol. The quantitative estimate of drug-likeness (QED) is 0.731. The number of nitrogens with two attached hydrogens (primary N) is 1. The second-order valence-electron chi connectivity index (χ2n) is 4.57. The van der Waals surface area contributed by atoms with Crippen LogP contribution in [-0.2, 0) is 6.42 Å². The molecule has 0 aromatic heterocycles. The van der Waals surface area contributed by atoms with Crippen LogP contribution in [0.15, 0.2) is 29.8 Å².